The van der Waals surface area contributed by atoms with Crippen molar-refractivity contribution in [3.63, 3.8) is 0 Å². The lowest BCUT2D eigenvalue weighted by atomic mass is 10.1. The number of carbonyl (C=O) groups excluding carboxylic acids is 2. The Bertz CT molecular complexity index is 803. The van der Waals surface area contributed by atoms with Gasteiger partial charge in [-0.3, -0.25) is 9.59 Å². The van der Waals surface area contributed by atoms with Gasteiger partial charge < -0.3 is 19.7 Å². The standard InChI is InChI=1S/C22H28N2O4/c1-16-7-10-18(11-8-16)22(26)23-15-21(25)24(2)13-5-6-17-9-12-19(27-3)20(14-17)28-4/h7-12,14H,5-6,13,15H2,1-4H3,(H,23,26). The van der Waals surface area contributed by atoms with Gasteiger partial charge in [0.1, 0.15) is 0 Å². The summed E-state index contributed by atoms with van der Waals surface area (Å²) >= 11 is 0. The highest BCUT2D eigenvalue weighted by molar-refractivity contribution is 5.96. The van der Waals surface area contributed by atoms with E-state index in [2.05, 4.69) is 5.32 Å². The number of likely N-dealkylation sites (N-methyl/N-ethyl adjacent to an activating group) is 1. The van der Waals surface area contributed by atoms with Crippen molar-refractivity contribution >= 4 is 11.8 Å². The van der Waals surface area contributed by atoms with Crippen molar-refractivity contribution in [1.82, 2.24) is 10.2 Å². The second-order valence-corrected chi connectivity index (χ2v) is 6.66. The highest BCUT2D eigenvalue weighted by Gasteiger charge is 2.12. The molecule has 0 unspecified atom stereocenters. The second kappa shape index (κ2) is 10.3. The van der Waals surface area contributed by atoms with Gasteiger partial charge in [0.2, 0.25) is 5.91 Å². The van der Waals surface area contributed by atoms with Gasteiger partial charge in [-0.1, -0.05) is 23.8 Å². The number of nitrogens with one attached hydrogen (secondary N) is 1. The van der Waals surface area contributed by atoms with Crippen LogP contribution in [-0.2, 0) is 11.2 Å². The third-order valence-corrected chi connectivity index (χ3v) is 4.55. The van der Waals surface area contributed by atoms with E-state index in [4.69, 9.17) is 9.47 Å². The quantitative estimate of drug-likeness (QED) is 0.722. The van der Waals surface area contributed by atoms with Crippen LogP contribution < -0.4 is 14.8 Å². The number of amides is 2. The van der Waals surface area contributed by atoms with E-state index in [-0.39, 0.29) is 18.4 Å². The van der Waals surface area contributed by atoms with E-state index in [0.717, 1.165) is 24.0 Å². The first-order valence-corrected chi connectivity index (χ1v) is 9.24. The van der Waals surface area contributed by atoms with Crippen LogP contribution in [0, 0.1) is 6.92 Å². The molecule has 28 heavy (non-hydrogen) atoms. The maximum atomic E-state index is 12.2. The lowest BCUT2D eigenvalue weighted by Crippen LogP contribution is -2.38. The van der Waals surface area contributed by atoms with Crippen LogP contribution in [0.4, 0.5) is 0 Å². The van der Waals surface area contributed by atoms with Gasteiger partial charge in [0.15, 0.2) is 11.5 Å². The minimum absolute atomic E-state index is 0.0143. The van der Waals surface area contributed by atoms with Crippen molar-refractivity contribution < 1.29 is 19.1 Å². The molecule has 2 aromatic rings. The summed E-state index contributed by atoms with van der Waals surface area (Å²) in [6, 6.07) is 13.1. The Kier molecular flexibility index (Phi) is 7.87. The predicted molar refractivity (Wildman–Crippen MR) is 109 cm³/mol. The molecule has 0 atom stereocenters. The summed E-state index contributed by atoms with van der Waals surface area (Å²) in [5.74, 6) is 1.03. The fourth-order valence-corrected chi connectivity index (χ4v) is 2.78. The number of nitrogens with zero attached hydrogens (tertiary/aromatic N) is 1. The van der Waals surface area contributed by atoms with E-state index >= 15 is 0 Å². The fraction of sp³-hybridized carbons (Fsp3) is 0.364. The number of carbonyl (C=O) groups is 2. The van der Waals surface area contributed by atoms with E-state index in [1.54, 1.807) is 38.3 Å². The Labute approximate surface area is 166 Å². The molecule has 6 nitrogen and oxygen atoms in total. The van der Waals surface area contributed by atoms with Crippen molar-refractivity contribution in [2.45, 2.75) is 19.8 Å². The summed E-state index contributed by atoms with van der Waals surface area (Å²) in [7, 11) is 4.96. The molecule has 2 rings (SSSR count). The minimum atomic E-state index is -0.243. The summed E-state index contributed by atoms with van der Waals surface area (Å²) in [5.41, 5.74) is 2.75. The SMILES string of the molecule is COc1ccc(CCCN(C)C(=O)CNC(=O)c2ccc(C)cc2)cc1OC. The molecule has 0 aromatic heterocycles. The summed E-state index contributed by atoms with van der Waals surface area (Å²) in [6.45, 7) is 2.55. The lowest BCUT2D eigenvalue weighted by Gasteiger charge is -2.17. The zero-order chi connectivity index (χ0) is 20.5. The van der Waals surface area contributed by atoms with Gasteiger partial charge in [-0.15, -0.1) is 0 Å². The molecule has 0 spiro atoms. The van der Waals surface area contributed by atoms with Crippen LogP contribution in [0.1, 0.15) is 27.9 Å². The monoisotopic (exact) mass is 384 g/mol. The number of methoxy groups -OCH3 is 2. The van der Waals surface area contributed by atoms with Crippen molar-refractivity contribution in [2.24, 2.45) is 0 Å². The maximum Gasteiger partial charge on any atom is 0.251 e. The lowest BCUT2D eigenvalue weighted by molar-refractivity contribution is -0.128. The third kappa shape index (κ3) is 6.01. The van der Waals surface area contributed by atoms with Crippen molar-refractivity contribution in [3.8, 4) is 11.5 Å². The molecule has 150 valence electrons. The number of hydrogen-bond acceptors (Lipinski definition) is 4. The molecule has 0 heterocycles. The van der Waals surface area contributed by atoms with Crippen LogP contribution in [0.15, 0.2) is 42.5 Å². The van der Waals surface area contributed by atoms with Crippen LogP contribution in [0.5, 0.6) is 11.5 Å². The summed E-state index contributed by atoms with van der Waals surface area (Å²) in [5, 5.41) is 2.67. The van der Waals surface area contributed by atoms with Crippen LogP contribution in [-0.4, -0.2) is 51.1 Å². The number of aryl methyl sites for hydroxylation is 2. The van der Waals surface area contributed by atoms with Crippen LogP contribution in [0.25, 0.3) is 0 Å². The zero-order valence-corrected chi connectivity index (χ0v) is 17.0. The van der Waals surface area contributed by atoms with Crippen molar-refractivity contribution in [1.29, 1.82) is 0 Å². The second-order valence-electron chi connectivity index (χ2n) is 6.66. The largest absolute Gasteiger partial charge is 0.493 e. The molecule has 0 saturated carbocycles. The van der Waals surface area contributed by atoms with Crippen LogP contribution in [0.3, 0.4) is 0 Å². The summed E-state index contributed by atoms with van der Waals surface area (Å²) in [4.78, 5) is 26.0. The van der Waals surface area contributed by atoms with E-state index in [0.29, 0.717) is 23.6 Å². The topological polar surface area (TPSA) is 67.9 Å². The van der Waals surface area contributed by atoms with Crippen molar-refractivity contribution in [2.75, 3.05) is 34.4 Å². The van der Waals surface area contributed by atoms with E-state index in [1.165, 1.54) is 0 Å². The van der Waals surface area contributed by atoms with Gasteiger partial charge in [0.25, 0.3) is 5.91 Å². The van der Waals surface area contributed by atoms with Crippen molar-refractivity contribution in [3.05, 3.63) is 59.2 Å². The van der Waals surface area contributed by atoms with Gasteiger partial charge in [-0.2, -0.15) is 0 Å². The molecule has 0 fully saturated rings. The van der Waals surface area contributed by atoms with Gasteiger partial charge >= 0.3 is 0 Å². The zero-order valence-electron chi connectivity index (χ0n) is 17.0. The molecule has 1 N–H and O–H groups in total. The average molecular weight is 384 g/mol. The first-order valence-electron chi connectivity index (χ1n) is 9.24. The number of rotatable bonds is 9. The highest BCUT2D eigenvalue weighted by Crippen LogP contribution is 2.27. The molecule has 0 aliphatic rings. The highest BCUT2D eigenvalue weighted by atomic mass is 16.5. The maximum absolute atomic E-state index is 12.2. The number of hydrogen-bond donors (Lipinski definition) is 1. The smallest absolute Gasteiger partial charge is 0.251 e. The first kappa shape index (κ1) is 21.3. The molecule has 6 heteroatoms. The van der Waals surface area contributed by atoms with Gasteiger partial charge in [0, 0.05) is 19.2 Å². The number of ether oxygens (including phenoxy) is 2. The van der Waals surface area contributed by atoms with Gasteiger partial charge in [-0.05, 0) is 49.6 Å². The third-order valence-electron chi connectivity index (χ3n) is 4.55. The Morgan fingerprint density at radius 2 is 1.68 bits per heavy atom. The molecule has 2 amide bonds. The summed E-state index contributed by atoms with van der Waals surface area (Å²) in [6.07, 6.45) is 1.62. The Hall–Kier alpha value is -3.02. The average Bonchev–Trinajstić information content (AvgIpc) is 2.71. The van der Waals surface area contributed by atoms with E-state index < -0.39 is 0 Å². The molecule has 2 aromatic carbocycles. The molecule has 0 bridgehead atoms. The van der Waals surface area contributed by atoms with Crippen LogP contribution in [0.2, 0.25) is 0 Å². The normalized spacial score (nSPS) is 10.3. The molecular weight excluding hydrogens is 356 g/mol. The Balaban J connectivity index is 1.76. The Morgan fingerprint density at radius 3 is 2.32 bits per heavy atom. The molecular formula is C22H28N2O4. The minimum Gasteiger partial charge on any atom is -0.493 e. The van der Waals surface area contributed by atoms with E-state index in [9.17, 15) is 9.59 Å². The van der Waals surface area contributed by atoms with E-state index in [1.807, 2.05) is 37.3 Å². The first-order chi connectivity index (χ1) is 13.4. The van der Waals surface area contributed by atoms with Crippen LogP contribution >= 0.6 is 0 Å². The molecule has 0 saturated heterocycles. The predicted octanol–water partition coefficient (Wildman–Crippen LogP) is 2.83. The molecule has 0 aliphatic carbocycles. The molecule has 0 radical (unpaired) electrons. The van der Waals surface area contributed by atoms with Gasteiger partial charge in [-0.25, -0.2) is 0 Å². The fourth-order valence-electron chi connectivity index (χ4n) is 2.78. The van der Waals surface area contributed by atoms with Gasteiger partial charge in [0.05, 0.1) is 20.8 Å². The summed E-state index contributed by atoms with van der Waals surface area (Å²) < 4.78 is 10.5. The number of benzene rings is 2. The Morgan fingerprint density at radius 1 is 1.00 bits per heavy atom. The molecule has 0 aliphatic heterocycles.